The Morgan fingerprint density at radius 3 is 2.47 bits per heavy atom. The van der Waals surface area contributed by atoms with Crippen LogP contribution in [0.15, 0.2) is 28.5 Å². The monoisotopic (exact) mass is 440 g/mol. The minimum absolute atomic E-state index is 0.300. The number of hydrogen-bond donors (Lipinski definition) is 0. The van der Waals surface area contributed by atoms with Crippen LogP contribution in [-0.2, 0) is 22.8 Å². The van der Waals surface area contributed by atoms with Crippen molar-refractivity contribution in [2.75, 3.05) is 13.2 Å². The van der Waals surface area contributed by atoms with Crippen molar-refractivity contribution in [2.24, 2.45) is 15.7 Å². The first kappa shape index (κ1) is 23.8. The first-order chi connectivity index (χ1) is 15.2. The highest BCUT2D eigenvalue weighted by atomic mass is 19.1. The van der Waals surface area contributed by atoms with Crippen molar-refractivity contribution in [3.8, 4) is 0 Å². The van der Waals surface area contributed by atoms with Gasteiger partial charge in [0.25, 0.3) is 0 Å². The van der Waals surface area contributed by atoms with Crippen LogP contribution in [-0.4, -0.2) is 34.6 Å². The molecule has 0 atom stereocenters. The van der Waals surface area contributed by atoms with Crippen molar-refractivity contribution in [3.05, 3.63) is 57.7 Å². The molecule has 0 saturated carbocycles. The van der Waals surface area contributed by atoms with Gasteiger partial charge in [0.2, 0.25) is 0 Å². The molecule has 0 aromatic carbocycles. The number of aromatic nitrogens is 2. The Morgan fingerprint density at radius 2 is 1.75 bits per heavy atom. The second kappa shape index (κ2) is 10.2. The third kappa shape index (κ3) is 6.11. The summed E-state index contributed by atoms with van der Waals surface area (Å²) in [5, 5.41) is 8.60. The van der Waals surface area contributed by atoms with E-state index >= 15 is 0 Å². The number of halogens is 1. The Kier molecular flexibility index (Phi) is 7.59. The molecule has 1 aliphatic carbocycles. The number of rotatable bonds is 8. The molecular weight excluding hydrogens is 407 g/mol. The third-order valence-electron chi connectivity index (χ3n) is 5.36. The second-order valence-corrected chi connectivity index (χ2v) is 9.33. The summed E-state index contributed by atoms with van der Waals surface area (Å²) in [4.78, 5) is 20.4. The smallest absolute Gasteiger partial charge is 0.125 e. The quantitative estimate of drug-likeness (QED) is 0.407. The third-order valence-corrected chi connectivity index (χ3v) is 5.36. The van der Waals surface area contributed by atoms with Crippen LogP contribution >= 0.6 is 0 Å². The molecule has 0 saturated heterocycles. The number of alkyl halides is 1. The first-order valence-electron chi connectivity index (χ1n) is 11.1. The zero-order chi connectivity index (χ0) is 23.3. The standard InChI is InChI=1S/C25H33FN4O2/c1-16-10-17(2)27-23(11-16)19(4)29-31-14-25(5,6)15-32-30-22-9-7-8-21-20(13-26)12-18(3)28-24(21)22/h10-12H,7-9,13-15H2,1-6H3/b29-19+,30-22+. The summed E-state index contributed by atoms with van der Waals surface area (Å²) in [7, 11) is 0. The Labute approximate surface area is 189 Å². The highest BCUT2D eigenvalue weighted by molar-refractivity contribution is 6.01. The van der Waals surface area contributed by atoms with Crippen LogP contribution in [0.3, 0.4) is 0 Å². The normalized spacial score (nSPS) is 15.6. The highest BCUT2D eigenvalue weighted by Crippen LogP contribution is 2.26. The summed E-state index contributed by atoms with van der Waals surface area (Å²) < 4.78 is 13.4. The van der Waals surface area contributed by atoms with Crippen LogP contribution in [0.25, 0.3) is 0 Å². The lowest BCUT2D eigenvalue weighted by atomic mass is 9.90. The fourth-order valence-electron chi connectivity index (χ4n) is 3.75. The fourth-order valence-corrected chi connectivity index (χ4v) is 3.75. The lowest BCUT2D eigenvalue weighted by Crippen LogP contribution is -2.25. The highest BCUT2D eigenvalue weighted by Gasteiger charge is 2.23. The van der Waals surface area contributed by atoms with Crippen molar-refractivity contribution in [2.45, 2.75) is 67.5 Å². The van der Waals surface area contributed by atoms with Crippen molar-refractivity contribution in [1.82, 2.24) is 9.97 Å². The Bertz CT molecular complexity index is 1010. The summed E-state index contributed by atoms with van der Waals surface area (Å²) in [6, 6.07) is 5.84. The van der Waals surface area contributed by atoms with E-state index in [2.05, 4.69) is 20.3 Å². The van der Waals surface area contributed by atoms with E-state index in [1.807, 2.05) is 59.7 Å². The molecule has 32 heavy (non-hydrogen) atoms. The predicted octanol–water partition coefficient (Wildman–Crippen LogP) is 5.40. The first-order valence-corrected chi connectivity index (χ1v) is 11.1. The van der Waals surface area contributed by atoms with Crippen molar-refractivity contribution >= 4 is 11.4 Å². The summed E-state index contributed by atoms with van der Waals surface area (Å²) in [5.41, 5.74) is 7.37. The van der Waals surface area contributed by atoms with Gasteiger partial charge in [-0.25, -0.2) is 4.39 Å². The molecule has 172 valence electrons. The zero-order valence-corrected chi connectivity index (χ0v) is 20.0. The van der Waals surface area contributed by atoms with Gasteiger partial charge in [0.15, 0.2) is 0 Å². The van der Waals surface area contributed by atoms with E-state index in [4.69, 9.17) is 9.68 Å². The van der Waals surface area contributed by atoms with E-state index in [1.165, 1.54) is 0 Å². The van der Waals surface area contributed by atoms with Crippen LogP contribution in [0, 0.1) is 26.2 Å². The van der Waals surface area contributed by atoms with Gasteiger partial charge in [-0.2, -0.15) is 0 Å². The molecule has 3 rings (SSSR count). The lowest BCUT2D eigenvalue weighted by Gasteiger charge is -2.23. The summed E-state index contributed by atoms with van der Waals surface area (Å²) >= 11 is 0. The Hall–Kier alpha value is -2.83. The van der Waals surface area contributed by atoms with Crippen LogP contribution in [0.1, 0.15) is 73.1 Å². The van der Waals surface area contributed by atoms with Crippen molar-refractivity contribution in [3.63, 3.8) is 0 Å². The van der Waals surface area contributed by atoms with Crippen LogP contribution in [0.5, 0.6) is 0 Å². The van der Waals surface area contributed by atoms with Gasteiger partial charge in [-0.3, -0.25) is 9.97 Å². The van der Waals surface area contributed by atoms with E-state index < -0.39 is 6.67 Å². The molecule has 0 bridgehead atoms. The topological polar surface area (TPSA) is 69.0 Å². The van der Waals surface area contributed by atoms with Gasteiger partial charge >= 0.3 is 0 Å². The number of aryl methyl sites for hydroxylation is 3. The number of oxime groups is 2. The molecule has 0 radical (unpaired) electrons. The van der Waals surface area contributed by atoms with E-state index in [1.54, 1.807) is 0 Å². The molecule has 2 heterocycles. The summed E-state index contributed by atoms with van der Waals surface area (Å²) in [6.45, 7) is 12.1. The number of hydrogen-bond acceptors (Lipinski definition) is 6. The molecule has 0 fully saturated rings. The molecule has 2 aromatic rings. The Morgan fingerprint density at radius 1 is 1.03 bits per heavy atom. The molecule has 0 N–H and O–H groups in total. The van der Waals surface area contributed by atoms with Gasteiger partial charge in [0, 0.05) is 16.8 Å². The fraction of sp³-hybridized carbons (Fsp3) is 0.520. The maximum Gasteiger partial charge on any atom is 0.125 e. The van der Waals surface area contributed by atoms with Crippen LogP contribution < -0.4 is 0 Å². The van der Waals surface area contributed by atoms with Crippen molar-refractivity contribution in [1.29, 1.82) is 0 Å². The van der Waals surface area contributed by atoms with Gasteiger partial charge < -0.3 is 9.68 Å². The number of pyridine rings is 2. The summed E-state index contributed by atoms with van der Waals surface area (Å²) in [6.07, 6.45) is 2.52. The average molecular weight is 441 g/mol. The minimum Gasteiger partial charge on any atom is -0.395 e. The van der Waals surface area contributed by atoms with Gasteiger partial charge in [0.05, 0.1) is 11.4 Å². The molecule has 0 spiro atoms. The maximum absolute atomic E-state index is 13.4. The predicted molar refractivity (Wildman–Crippen MR) is 125 cm³/mol. The molecular formula is C25H33FN4O2. The average Bonchev–Trinajstić information content (AvgIpc) is 2.72. The SMILES string of the molecule is C/C(=N\OCC(C)(C)CO/N=C1\CCCc2c(CF)cc(C)nc21)c1cc(C)cc(C)n1. The van der Waals surface area contributed by atoms with Crippen molar-refractivity contribution < 1.29 is 14.1 Å². The Balaban J connectivity index is 1.60. The van der Waals surface area contributed by atoms with E-state index in [9.17, 15) is 4.39 Å². The number of nitrogens with zero attached hydrogens (tertiary/aromatic N) is 4. The molecule has 1 aliphatic rings. The molecule has 2 aromatic heterocycles. The molecule has 0 unspecified atom stereocenters. The second-order valence-electron chi connectivity index (χ2n) is 9.33. The van der Waals surface area contributed by atoms with Crippen LogP contribution in [0.2, 0.25) is 0 Å². The zero-order valence-electron chi connectivity index (χ0n) is 20.0. The maximum atomic E-state index is 13.4. The molecule has 0 amide bonds. The van der Waals surface area contributed by atoms with Gasteiger partial charge in [-0.15, -0.1) is 0 Å². The molecule has 6 nitrogen and oxygen atoms in total. The van der Waals surface area contributed by atoms with E-state index in [-0.39, 0.29) is 5.41 Å². The lowest BCUT2D eigenvalue weighted by molar-refractivity contribution is -0.000160. The summed E-state index contributed by atoms with van der Waals surface area (Å²) in [5.74, 6) is 0. The minimum atomic E-state index is -0.484. The number of fused-ring (bicyclic) bond motifs is 1. The van der Waals surface area contributed by atoms with E-state index in [0.717, 1.165) is 64.6 Å². The molecule has 7 heteroatoms. The van der Waals surface area contributed by atoms with E-state index in [0.29, 0.717) is 18.8 Å². The largest absolute Gasteiger partial charge is 0.395 e. The van der Waals surface area contributed by atoms with Crippen LogP contribution in [0.4, 0.5) is 4.39 Å². The van der Waals surface area contributed by atoms with Gasteiger partial charge in [-0.1, -0.05) is 24.2 Å². The van der Waals surface area contributed by atoms with Gasteiger partial charge in [0.1, 0.15) is 31.3 Å². The molecule has 0 aliphatic heterocycles. The van der Waals surface area contributed by atoms with Gasteiger partial charge in [-0.05, 0) is 81.8 Å².